The molecule has 0 N–H and O–H groups in total. The zero-order valence-electron chi connectivity index (χ0n) is 14.5. The number of hydrogen-bond acceptors (Lipinski definition) is 0. The molecule has 0 heterocycles. The maximum Gasteiger partial charge on any atom is -0.0111 e. The van der Waals surface area contributed by atoms with Crippen LogP contribution in [0.2, 0.25) is 0 Å². The van der Waals surface area contributed by atoms with Gasteiger partial charge in [-0.05, 0) is 32.7 Å². The normalized spacial score (nSPS) is 12.2. The molecule has 4 rings (SSSR count). The highest BCUT2D eigenvalue weighted by Gasteiger charge is 1.96. The van der Waals surface area contributed by atoms with E-state index in [1.807, 2.05) is 0 Å². The zero-order chi connectivity index (χ0) is 17.6. The average molecular weight is 332 g/mol. The van der Waals surface area contributed by atoms with Gasteiger partial charge in [-0.15, -0.1) is 0 Å². The zero-order valence-corrected chi connectivity index (χ0v) is 14.5. The monoisotopic (exact) mass is 332 g/mol. The molecular formula is C26H20. The van der Waals surface area contributed by atoms with Gasteiger partial charge >= 0.3 is 0 Å². The van der Waals surface area contributed by atoms with Crippen LogP contribution in [0.15, 0.2) is 109 Å². The summed E-state index contributed by atoms with van der Waals surface area (Å²) in [6.45, 7) is 0. The number of fused-ring (bicyclic) bond motifs is 2. The molecule has 0 heteroatoms. The summed E-state index contributed by atoms with van der Waals surface area (Å²) in [5.74, 6) is 0. The first-order valence-corrected chi connectivity index (χ1v) is 8.89. The third-order valence-corrected chi connectivity index (χ3v) is 4.53. The highest BCUT2D eigenvalue weighted by molar-refractivity contribution is 5.91. The van der Waals surface area contributed by atoms with E-state index in [2.05, 4.69) is 121 Å². The largest absolute Gasteiger partial charge is 0.0622 e. The lowest BCUT2D eigenvalue weighted by Gasteiger charge is -2.01. The van der Waals surface area contributed by atoms with Crippen LogP contribution in [0, 0.1) is 0 Å². The molecule has 124 valence electrons. The smallest absolute Gasteiger partial charge is 0.0111 e. The summed E-state index contributed by atoms with van der Waals surface area (Å²) in [5, 5.41) is 5.11. The number of hydrogen-bond donors (Lipinski definition) is 0. The lowest BCUT2D eigenvalue weighted by molar-refractivity contribution is 1.71. The molecule has 0 aliphatic carbocycles. The fraction of sp³-hybridized carbons (Fsp3) is 0. The third-order valence-electron chi connectivity index (χ3n) is 4.53. The molecule has 0 fully saturated rings. The van der Waals surface area contributed by atoms with Crippen molar-refractivity contribution in [3.63, 3.8) is 0 Å². The van der Waals surface area contributed by atoms with Crippen molar-refractivity contribution in [3.8, 4) is 0 Å². The van der Waals surface area contributed by atoms with Crippen molar-refractivity contribution in [2.24, 2.45) is 0 Å². The second-order valence-electron chi connectivity index (χ2n) is 6.24. The molecule has 0 amide bonds. The first-order valence-electron chi connectivity index (χ1n) is 8.89. The molecule has 0 spiro atoms. The van der Waals surface area contributed by atoms with Crippen LogP contribution >= 0.6 is 0 Å². The predicted molar refractivity (Wildman–Crippen MR) is 115 cm³/mol. The Morgan fingerprint density at radius 1 is 0.385 bits per heavy atom. The van der Waals surface area contributed by atoms with Crippen LogP contribution in [0.1, 0.15) is 11.1 Å². The lowest BCUT2D eigenvalue weighted by Crippen LogP contribution is -1.77. The standard InChI is InChI=1S/C26H20/c1(3-11-21-15-9-17-23-13-5-7-19-25(21)23)2-4-12-22-16-10-18-24-14-6-8-20-26(22)24/h1-20H/b2-1+,11-3+,12-4+. The molecule has 4 aromatic rings. The van der Waals surface area contributed by atoms with Gasteiger partial charge in [-0.25, -0.2) is 0 Å². The Balaban J connectivity index is 1.50. The Kier molecular flexibility index (Phi) is 4.75. The molecule has 4 aromatic carbocycles. The van der Waals surface area contributed by atoms with Crippen LogP contribution < -0.4 is 0 Å². The predicted octanol–water partition coefficient (Wildman–Crippen LogP) is 7.28. The van der Waals surface area contributed by atoms with E-state index in [9.17, 15) is 0 Å². The first kappa shape index (κ1) is 16.1. The molecule has 0 radical (unpaired) electrons. The fourth-order valence-corrected chi connectivity index (χ4v) is 3.24. The van der Waals surface area contributed by atoms with Gasteiger partial charge in [-0.2, -0.15) is 0 Å². The average Bonchev–Trinajstić information content (AvgIpc) is 2.71. The first-order chi connectivity index (χ1) is 12.9. The molecule has 0 saturated carbocycles. The van der Waals surface area contributed by atoms with E-state index in [0.717, 1.165) is 0 Å². The van der Waals surface area contributed by atoms with Crippen molar-refractivity contribution >= 4 is 33.7 Å². The van der Waals surface area contributed by atoms with Crippen LogP contribution in [0.4, 0.5) is 0 Å². The highest BCUT2D eigenvalue weighted by Crippen LogP contribution is 2.20. The summed E-state index contributed by atoms with van der Waals surface area (Å²) in [7, 11) is 0. The summed E-state index contributed by atoms with van der Waals surface area (Å²) in [4.78, 5) is 0. The highest BCUT2D eigenvalue weighted by atomic mass is 14.0. The quantitative estimate of drug-likeness (QED) is 0.345. The van der Waals surface area contributed by atoms with Crippen LogP contribution in [-0.2, 0) is 0 Å². The summed E-state index contributed by atoms with van der Waals surface area (Å²) in [5.41, 5.74) is 2.48. The fourth-order valence-electron chi connectivity index (χ4n) is 3.24. The minimum absolute atomic E-state index is 1.24. The van der Waals surface area contributed by atoms with Gasteiger partial charge in [0.15, 0.2) is 0 Å². The van der Waals surface area contributed by atoms with E-state index in [1.165, 1.54) is 32.7 Å². The van der Waals surface area contributed by atoms with Gasteiger partial charge < -0.3 is 0 Å². The molecule has 0 aliphatic rings. The van der Waals surface area contributed by atoms with E-state index in [1.54, 1.807) is 0 Å². The molecule has 0 bridgehead atoms. The maximum atomic E-state index is 2.17. The van der Waals surface area contributed by atoms with Gasteiger partial charge in [0, 0.05) is 0 Å². The third kappa shape index (κ3) is 3.50. The van der Waals surface area contributed by atoms with E-state index in [0.29, 0.717) is 0 Å². The topological polar surface area (TPSA) is 0 Å². The molecule has 0 nitrogen and oxygen atoms in total. The Hall–Kier alpha value is -3.38. The summed E-state index contributed by atoms with van der Waals surface area (Å²) < 4.78 is 0. The minimum atomic E-state index is 1.24. The van der Waals surface area contributed by atoms with Crippen molar-refractivity contribution in [2.75, 3.05) is 0 Å². The van der Waals surface area contributed by atoms with Gasteiger partial charge in [0.25, 0.3) is 0 Å². The molecule has 0 aliphatic heterocycles. The number of allylic oxidation sites excluding steroid dienone is 4. The Morgan fingerprint density at radius 2 is 0.808 bits per heavy atom. The second-order valence-corrected chi connectivity index (χ2v) is 6.24. The van der Waals surface area contributed by atoms with E-state index < -0.39 is 0 Å². The van der Waals surface area contributed by atoms with Gasteiger partial charge in [0.05, 0.1) is 0 Å². The Labute approximate surface area is 154 Å². The van der Waals surface area contributed by atoms with Crippen LogP contribution in [0.25, 0.3) is 33.7 Å². The van der Waals surface area contributed by atoms with Crippen molar-refractivity contribution in [2.45, 2.75) is 0 Å². The van der Waals surface area contributed by atoms with Crippen LogP contribution in [0.5, 0.6) is 0 Å². The molecule has 0 aromatic heterocycles. The number of benzene rings is 4. The molecular weight excluding hydrogens is 312 g/mol. The van der Waals surface area contributed by atoms with E-state index >= 15 is 0 Å². The maximum absolute atomic E-state index is 2.17. The lowest BCUT2D eigenvalue weighted by atomic mass is 10.0. The SMILES string of the molecule is C(=C\C=C\c1cccc2ccccc12)/C=C/c1cccc2ccccc12. The van der Waals surface area contributed by atoms with Crippen molar-refractivity contribution in [3.05, 3.63) is 120 Å². The summed E-state index contributed by atoms with van der Waals surface area (Å²) in [6.07, 6.45) is 12.6. The molecule has 0 unspecified atom stereocenters. The molecule has 0 atom stereocenters. The number of rotatable bonds is 4. The van der Waals surface area contributed by atoms with Gasteiger partial charge in [-0.1, -0.05) is 121 Å². The second kappa shape index (κ2) is 7.67. The summed E-state index contributed by atoms with van der Waals surface area (Å²) >= 11 is 0. The van der Waals surface area contributed by atoms with Gasteiger partial charge in [0.2, 0.25) is 0 Å². The van der Waals surface area contributed by atoms with Crippen molar-refractivity contribution < 1.29 is 0 Å². The Morgan fingerprint density at radius 3 is 1.31 bits per heavy atom. The minimum Gasteiger partial charge on any atom is -0.0622 e. The molecule has 26 heavy (non-hydrogen) atoms. The van der Waals surface area contributed by atoms with Crippen LogP contribution in [-0.4, -0.2) is 0 Å². The van der Waals surface area contributed by atoms with Gasteiger partial charge in [0.1, 0.15) is 0 Å². The molecule has 0 saturated heterocycles. The van der Waals surface area contributed by atoms with E-state index in [4.69, 9.17) is 0 Å². The van der Waals surface area contributed by atoms with Crippen molar-refractivity contribution in [1.82, 2.24) is 0 Å². The van der Waals surface area contributed by atoms with Crippen LogP contribution in [0.3, 0.4) is 0 Å². The van der Waals surface area contributed by atoms with Crippen molar-refractivity contribution in [1.29, 1.82) is 0 Å². The Bertz CT molecular complexity index is 1030. The van der Waals surface area contributed by atoms with Gasteiger partial charge in [-0.3, -0.25) is 0 Å². The van der Waals surface area contributed by atoms with E-state index in [-0.39, 0.29) is 0 Å². The summed E-state index contributed by atoms with van der Waals surface area (Å²) in [6, 6.07) is 29.8.